The number of nitrogens with zero attached hydrogens (tertiary/aromatic N) is 1. The van der Waals surface area contributed by atoms with Gasteiger partial charge in [0.25, 0.3) is 0 Å². The molecule has 0 bridgehead atoms. The number of ether oxygens (including phenoxy) is 1. The molecule has 4 nitrogen and oxygen atoms in total. The van der Waals surface area contributed by atoms with Gasteiger partial charge in [0.05, 0.1) is 29.4 Å². The van der Waals surface area contributed by atoms with Crippen molar-refractivity contribution in [3.63, 3.8) is 0 Å². The van der Waals surface area contributed by atoms with Gasteiger partial charge >= 0.3 is 0 Å². The number of aryl methyl sites for hydroxylation is 1. The fraction of sp³-hybridized carbons (Fsp3) is 0.235. The van der Waals surface area contributed by atoms with Crippen molar-refractivity contribution in [1.82, 2.24) is 9.97 Å². The molecule has 2 aromatic rings. The van der Waals surface area contributed by atoms with E-state index in [1.807, 2.05) is 45.1 Å². The van der Waals surface area contributed by atoms with E-state index < -0.39 is 0 Å². The van der Waals surface area contributed by atoms with Crippen LogP contribution < -0.4 is 4.74 Å². The zero-order chi connectivity index (χ0) is 14.8. The van der Waals surface area contributed by atoms with Gasteiger partial charge < -0.3 is 14.7 Å². The van der Waals surface area contributed by atoms with Crippen LogP contribution in [0.25, 0.3) is 17.5 Å². The maximum Gasteiger partial charge on any atom is 0.144 e. The lowest BCUT2D eigenvalue weighted by Crippen LogP contribution is -1.91. The summed E-state index contributed by atoms with van der Waals surface area (Å²) in [5, 5.41) is 0. The van der Waals surface area contributed by atoms with Gasteiger partial charge in [-0.2, -0.15) is 0 Å². The maximum absolute atomic E-state index is 5.72. The summed E-state index contributed by atoms with van der Waals surface area (Å²) in [6.07, 6.45) is 6.02. The number of H-pyrrole nitrogens is 2. The van der Waals surface area contributed by atoms with Crippen molar-refractivity contribution in [1.29, 1.82) is 0 Å². The van der Waals surface area contributed by atoms with E-state index >= 15 is 0 Å². The third kappa shape index (κ3) is 3.34. The van der Waals surface area contributed by atoms with Gasteiger partial charge in [-0.15, -0.1) is 12.4 Å². The van der Waals surface area contributed by atoms with Gasteiger partial charge in [-0.3, -0.25) is 4.99 Å². The molecule has 1 aliphatic rings. The number of halogens is 1. The Morgan fingerprint density at radius 2 is 1.95 bits per heavy atom. The van der Waals surface area contributed by atoms with Crippen LogP contribution in [-0.4, -0.2) is 22.3 Å². The van der Waals surface area contributed by atoms with E-state index in [1.54, 1.807) is 0 Å². The van der Waals surface area contributed by atoms with Crippen LogP contribution in [0.3, 0.4) is 0 Å². The first-order valence-electron chi connectivity index (χ1n) is 7.12. The molecule has 1 aliphatic heterocycles. The predicted molar refractivity (Wildman–Crippen MR) is 94.0 cm³/mol. The molecule has 0 fully saturated rings. The molecule has 0 atom stereocenters. The molecule has 2 N–H and O–H groups in total. The number of aromatic amines is 2. The van der Waals surface area contributed by atoms with E-state index in [9.17, 15) is 0 Å². The molecular weight excluding hydrogens is 298 g/mol. The first-order chi connectivity index (χ1) is 10.2. The Labute approximate surface area is 136 Å². The molecule has 5 heteroatoms. The lowest BCUT2D eigenvalue weighted by Gasteiger charge is -2.00. The van der Waals surface area contributed by atoms with Gasteiger partial charge in [0, 0.05) is 17.5 Å². The van der Waals surface area contributed by atoms with Crippen LogP contribution in [0, 0.1) is 6.92 Å². The minimum absolute atomic E-state index is 0. The van der Waals surface area contributed by atoms with Crippen molar-refractivity contribution in [2.24, 2.45) is 4.99 Å². The van der Waals surface area contributed by atoms with Crippen LogP contribution in [0.2, 0.25) is 0 Å². The normalized spacial score (nSPS) is 15.0. The van der Waals surface area contributed by atoms with Crippen LogP contribution in [0.1, 0.15) is 25.2 Å². The highest BCUT2D eigenvalue weighted by Gasteiger charge is 2.11. The lowest BCUT2D eigenvalue weighted by atomic mass is 10.3. The van der Waals surface area contributed by atoms with E-state index in [0.29, 0.717) is 6.61 Å². The molecular formula is C17H20ClN3O. The van der Waals surface area contributed by atoms with Crippen LogP contribution in [0.15, 0.2) is 41.0 Å². The van der Waals surface area contributed by atoms with Crippen LogP contribution in [0.5, 0.6) is 5.75 Å². The van der Waals surface area contributed by atoms with Gasteiger partial charge in [-0.25, -0.2) is 0 Å². The Balaban J connectivity index is 0.00000176. The Morgan fingerprint density at radius 3 is 2.55 bits per heavy atom. The molecule has 22 heavy (non-hydrogen) atoms. The molecule has 0 spiro atoms. The second-order valence-electron chi connectivity index (χ2n) is 5.10. The number of allylic oxidation sites excluding steroid dienone is 2. The van der Waals surface area contributed by atoms with Gasteiger partial charge in [-0.05, 0) is 51.1 Å². The number of hydrogen-bond donors (Lipinski definition) is 2. The smallest absolute Gasteiger partial charge is 0.144 e. The highest BCUT2D eigenvalue weighted by Crippen LogP contribution is 2.29. The van der Waals surface area contributed by atoms with Crippen LogP contribution >= 0.6 is 12.4 Å². The summed E-state index contributed by atoms with van der Waals surface area (Å²) in [5.41, 5.74) is 6.10. The Morgan fingerprint density at radius 1 is 1.14 bits per heavy atom. The van der Waals surface area contributed by atoms with Gasteiger partial charge in [0.1, 0.15) is 5.75 Å². The summed E-state index contributed by atoms with van der Waals surface area (Å²) in [7, 11) is 0. The SMILES string of the molecule is CCOc1cc(-c2ccc(C)[nH]2)[nH]c1C=C1C=CC(C)=N1.Cl. The zero-order valence-corrected chi connectivity index (χ0v) is 13.8. The number of aromatic nitrogens is 2. The Bertz CT molecular complexity index is 750. The Kier molecular flexibility index (Phi) is 4.93. The monoisotopic (exact) mass is 317 g/mol. The average Bonchev–Trinajstić information content (AvgIpc) is 3.13. The first-order valence-corrected chi connectivity index (χ1v) is 7.12. The van der Waals surface area contributed by atoms with E-state index in [-0.39, 0.29) is 12.4 Å². The molecule has 0 radical (unpaired) electrons. The summed E-state index contributed by atoms with van der Waals surface area (Å²) in [6.45, 7) is 6.65. The quantitative estimate of drug-likeness (QED) is 0.856. The molecule has 0 unspecified atom stereocenters. The van der Waals surface area contributed by atoms with Crippen molar-refractivity contribution in [2.75, 3.05) is 6.61 Å². The highest BCUT2D eigenvalue weighted by atomic mass is 35.5. The van der Waals surface area contributed by atoms with Crippen molar-refractivity contribution in [2.45, 2.75) is 20.8 Å². The number of nitrogens with one attached hydrogen (secondary N) is 2. The fourth-order valence-corrected chi connectivity index (χ4v) is 2.35. The summed E-state index contributed by atoms with van der Waals surface area (Å²) in [5.74, 6) is 0.848. The minimum atomic E-state index is 0. The molecule has 3 rings (SSSR count). The van der Waals surface area contributed by atoms with Gasteiger partial charge in [0.2, 0.25) is 0 Å². The lowest BCUT2D eigenvalue weighted by molar-refractivity contribution is 0.340. The third-order valence-corrected chi connectivity index (χ3v) is 3.33. The first kappa shape index (κ1) is 16.2. The van der Waals surface area contributed by atoms with E-state index in [1.165, 1.54) is 0 Å². The second-order valence-corrected chi connectivity index (χ2v) is 5.10. The van der Waals surface area contributed by atoms with Gasteiger partial charge in [-0.1, -0.05) is 0 Å². The molecule has 3 heterocycles. The van der Waals surface area contributed by atoms with Crippen LogP contribution in [-0.2, 0) is 0 Å². The average molecular weight is 318 g/mol. The number of hydrogen-bond acceptors (Lipinski definition) is 2. The molecule has 0 aromatic carbocycles. The van der Waals surface area contributed by atoms with E-state index in [0.717, 1.165) is 39.9 Å². The molecule has 0 saturated carbocycles. The summed E-state index contributed by atoms with van der Waals surface area (Å²) in [4.78, 5) is 11.2. The largest absolute Gasteiger partial charge is 0.492 e. The standard InChI is InChI=1S/C17H19N3O.ClH/c1-4-21-17-10-15(14-8-6-12(3)19-14)20-16(17)9-13-7-5-11(2)18-13;/h5-10,19-20H,4H2,1-3H3;1H. The zero-order valence-electron chi connectivity index (χ0n) is 12.9. The fourth-order valence-electron chi connectivity index (χ4n) is 2.35. The third-order valence-electron chi connectivity index (χ3n) is 3.33. The van der Waals surface area contributed by atoms with Crippen molar-refractivity contribution >= 4 is 24.2 Å². The topological polar surface area (TPSA) is 53.2 Å². The highest BCUT2D eigenvalue weighted by molar-refractivity contribution is 5.97. The van der Waals surface area contributed by atoms with Gasteiger partial charge in [0.15, 0.2) is 0 Å². The number of aliphatic imine (C=N–C) groups is 1. The van der Waals surface area contributed by atoms with E-state index in [2.05, 4.69) is 27.1 Å². The van der Waals surface area contributed by atoms with Crippen molar-refractivity contribution < 1.29 is 4.74 Å². The molecule has 0 aliphatic carbocycles. The summed E-state index contributed by atoms with van der Waals surface area (Å²) in [6, 6.07) is 6.14. The number of rotatable bonds is 4. The summed E-state index contributed by atoms with van der Waals surface area (Å²) >= 11 is 0. The summed E-state index contributed by atoms with van der Waals surface area (Å²) < 4.78 is 5.72. The van der Waals surface area contributed by atoms with Crippen LogP contribution in [0.4, 0.5) is 0 Å². The van der Waals surface area contributed by atoms with E-state index in [4.69, 9.17) is 4.74 Å². The van der Waals surface area contributed by atoms with Crippen molar-refractivity contribution in [3.8, 4) is 17.1 Å². The van der Waals surface area contributed by atoms with Crippen molar-refractivity contribution in [3.05, 3.63) is 47.4 Å². The molecule has 0 saturated heterocycles. The molecule has 2 aromatic heterocycles. The second kappa shape index (κ2) is 6.71. The maximum atomic E-state index is 5.72. The molecule has 116 valence electrons. The minimum Gasteiger partial charge on any atom is -0.492 e. The predicted octanol–water partition coefficient (Wildman–Crippen LogP) is 4.51. The Hall–Kier alpha value is -2.20. The molecule has 0 amide bonds.